The lowest BCUT2D eigenvalue weighted by atomic mass is 10.1. The molecule has 1 aromatic carbocycles. The van der Waals surface area contributed by atoms with Crippen molar-refractivity contribution in [2.75, 3.05) is 0 Å². The summed E-state index contributed by atoms with van der Waals surface area (Å²) in [5.74, 6) is 1.41. The largest absolute Gasteiger partial charge is 0.461 e. The molecule has 20 heavy (non-hydrogen) atoms. The number of hydrogen-bond acceptors (Lipinski definition) is 3. The van der Waals surface area contributed by atoms with E-state index in [-0.39, 0.29) is 5.56 Å². The molecule has 0 radical (unpaired) electrons. The Morgan fingerprint density at radius 1 is 1.25 bits per heavy atom. The molecule has 0 saturated carbocycles. The van der Waals surface area contributed by atoms with Crippen molar-refractivity contribution in [2.45, 2.75) is 26.2 Å². The van der Waals surface area contributed by atoms with E-state index >= 15 is 0 Å². The van der Waals surface area contributed by atoms with Crippen LogP contribution in [0.4, 0.5) is 0 Å². The molecule has 4 rings (SSSR count). The molecule has 0 spiro atoms. The van der Waals surface area contributed by atoms with Gasteiger partial charge in [-0.25, -0.2) is 4.98 Å². The number of hydrogen-bond donors (Lipinski definition) is 1. The van der Waals surface area contributed by atoms with Gasteiger partial charge in [-0.15, -0.1) is 0 Å². The van der Waals surface area contributed by atoms with E-state index in [0.717, 1.165) is 52.8 Å². The first-order valence-electron chi connectivity index (χ1n) is 6.84. The predicted molar refractivity (Wildman–Crippen MR) is 76.8 cm³/mol. The van der Waals surface area contributed by atoms with E-state index in [2.05, 4.69) is 9.97 Å². The quantitative estimate of drug-likeness (QED) is 0.736. The summed E-state index contributed by atoms with van der Waals surface area (Å²) in [5.41, 5.74) is 3.50. The van der Waals surface area contributed by atoms with E-state index in [9.17, 15) is 4.79 Å². The van der Waals surface area contributed by atoms with Crippen LogP contribution in [0, 0.1) is 6.92 Å². The Kier molecular flexibility index (Phi) is 2.33. The van der Waals surface area contributed by atoms with E-state index in [4.69, 9.17) is 4.42 Å². The summed E-state index contributed by atoms with van der Waals surface area (Å²) in [6, 6.07) is 7.83. The van der Waals surface area contributed by atoms with Crippen molar-refractivity contribution in [1.82, 2.24) is 9.97 Å². The van der Waals surface area contributed by atoms with Gasteiger partial charge in [0.25, 0.3) is 5.56 Å². The van der Waals surface area contributed by atoms with E-state index in [1.54, 1.807) is 0 Å². The van der Waals surface area contributed by atoms with Gasteiger partial charge in [0, 0.05) is 10.9 Å². The molecule has 0 bridgehead atoms. The normalized spacial score (nSPS) is 13.8. The third-order valence-corrected chi connectivity index (χ3v) is 3.95. The minimum Gasteiger partial charge on any atom is -0.461 e. The number of fused-ring (bicyclic) bond motifs is 2. The summed E-state index contributed by atoms with van der Waals surface area (Å²) < 4.78 is 5.75. The lowest BCUT2D eigenvalue weighted by Gasteiger charge is -2.03. The number of rotatable bonds is 1. The number of nitrogens with one attached hydrogen (secondary N) is 1. The number of aromatic amines is 1. The maximum absolute atomic E-state index is 12.1. The minimum atomic E-state index is -0.00724. The second-order valence-corrected chi connectivity index (χ2v) is 5.22. The first-order chi connectivity index (χ1) is 9.74. The molecule has 100 valence electrons. The van der Waals surface area contributed by atoms with E-state index in [1.165, 1.54) is 0 Å². The number of furan rings is 1. The number of aryl methyl sites for hydroxylation is 2. The second-order valence-electron chi connectivity index (χ2n) is 5.22. The van der Waals surface area contributed by atoms with Crippen LogP contribution in [0.15, 0.2) is 33.5 Å². The van der Waals surface area contributed by atoms with Crippen LogP contribution in [-0.4, -0.2) is 9.97 Å². The summed E-state index contributed by atoms with van der Waals surface area (Å²) in [6.45, 7) is 1.91. The molecule has 0 fully saturated rings. The van der Waals surface area contributed by atoms with Crippen LogP contribution in [0.25, 0.3) is 22.4 Å². The minimum absolute atomic E-state index is 0.00724. The van der Waals surface area contributed by atoms with E-state index < -0.39 is 0 Å². The van der Waals surface area contributed by atoms with Gasteiger partial charge in [-0.2, -0.15) is 0 Å². The monoisotopic (exact) mass is 266 g/mol. The fraction of sp³-hybridized carbons (Fsp3) is 0.250. The first kappa shape index (κ1) is 11.5. The molecule has 0 saturated heterocycles. The maximum atomic E-state index is 12.1. The van der Waals surface area contributed by atoms with E-state index in [0.29, 0.717) is 5.82 Å². The maximum Gasteiger partial charge on any atom is 0.254 e. The van der Waals surface area contributed by atoms with Crippen molar-refractivity contribution >= 4 is 11.0 Å². The second kappa shape index (κ2) is 4.07. The summed E-state index contributed by atoms with van der Waals surface area (Å²) in [5, 5.41) is 0.992. The number of nitrogens with zero attached hydrogens (tertiary/aromatic N) is 1. The lowest BCUT2D eigenvalue weighted by Crippen LogP contribution is -2.15. The molecule has 2 aromatic heterocycles. The van der Waals surface area contributed by atoms with Crippen LogP contribution >= 0.6 is 0 Å². The molecule has 4 nitrogen and oxygen atoms in total. The Morgan fingerprint density at radius 2 is 2.10 bits per heavy atom. The van der Waals surface area contributed by atoms with Crippen molar-refractivity contribution < 1.29 is 4.42 Å². The van der Waals surface area contributed by atoms with Crippen molar-refractivity contribution in [3.05, 3.63) is 51.6 Å². The highest BCUT2D eigenvalue weighted by atomic mass is 16.3. The van der Waals surface area contributed by atoms with Crippen LogP contribution in [-0.2, 0) is 12.8 Å². The molecule has 2 heterocycles. The number of H-pyrrole nitrogens is 1. The highest BCUT2D eigenvalue weighted by molar-refractivity contribution is 5.93. The topological polar surface area (TPSA) is 58.9 Å². The Hall–Kier alpha value is -2.36. The summed E-state index contributed by atoms with van der Waals surface area (Å²) in [7, 11) is 0. The van der Waals surface area contributed by atoms with Crippen molar-refractivity contribution in [3.63, 3.8) is 0 Å². The molecule has 1 aliphatic rings. The predicted octanol–water partition coefficient (Wildman–Crippen LogP) is 2.98. The molecular formula is C16H14N2O2. The number of benzene rings is 1. The number of aromatic nitrogens is 2. The Bertz CT molecular complexity index is 874. The fourth-order valence-corrected chi connectivity index (χ4v) is 3.02. The molecule has 0 amide bonds. The Morgan fingerprint density at radius 3 is 3.00 bits per heavy atom. The van der Waals surface area contributed by atoms with Gasteiger partial charge in [-0.1, -0.05) is 18.2 Å². The smallest absolute Gasteiger partial charge is 0.254 e. The van der Waals surface area contributed by atoms with Crippen LogP contribution in [0.5, 0.6) is 0 Å². The molecule has 1 N–H and O–H groups in total. The van der Waals surface area contributed by atoms with Crippen molar-refractivity contribution in [1.29, 1.82) is 0 Å². The van der Waals surface area contributed by atoms with Gasteiger partial charge in [-0.05, 0) is 32.3 Å². The SMILES string of the molecule is Cc1oc2ccccc2c1-c1nc2c(c(=O)[nH]1)CCC2. The molecule has 0 unspecified atom stereocenters. The molecule has 0 atom stereocenters. The zero-order chi connectivity index (χ0) is 13.7. The molecule has 4 heteroatoms. The van der Waals surface area contributed by atoms with Crippen LogP contribution in [0.3, 0.4) is 0 Å². The van der Waals surface area contributed by atoms with Crippen molar-refractivity contribution in [2.24, 2.45) is 0 Å². The molecule has 3 aromatic rings. The van der Waals surface area contributed by atoms with Gasteiger partial charge in [-0.3, -0.25) is 4.79 Å². The van der Waals surface area contributed by atoms with Gasteiger partial charge in [0.05, 0.1) is 11.3 Å². The first-order valence-corrected chi connectivity index (χ1v) is 6.84. The Balaban J connectivity index is 2.03. The molecule has 1 aliphatic carbocycles. The van der Waals surface area contributed by atoms with E-state index in [1.807, 2.05) is 31.2 Å². The fourth-order valence-electron chi connectivity index (χ4n) is 3.02. The summed E-state index contributed by atoms with van der Waals surface area (Å²) in [4.78, 5) is 19.7. The van der Waals surface area contributed by atoms with Crippen LogP contribution in [0.2, 0.25) is 0 Å². The average Bonchev–Trinajstić information content (AvgIpc) is 3.01. The number of para-hydroxylation sites is 1. The van der Waals surface area contributed by atoms with Crippen LogP contribution in [0.1, 0.15) is 23.4 Å². The van der Waals surface area contributed by atoms with Gasteiger partial charge in [0.1, 0.15) is 17.2 Å². The zero-order valence-electron chi connectivity index (χ0n) is 11.2. The standard InChI is InChI=1S/C16H14N2O2/c1-9-14(11-5-2-3-8-13(11)20-9)15-17-12-7-4-6-10(12)16(19)18-15/h2-3,5,8H,4,6-7H2,1H3,(H,17,18,19). The van der Waals surface area contributed by atoms with Gasteiger partial charge in [0.15, 0.2) is 0 Å². The third-order valence-electron chi connectivity index (χ3n) is 3.95. The Labute approximate surface area is 115 Å². The van der Waals surface area contributed by atoms with Crippen molar-refractivity contribution in [3.8, 4) is 11.4 Å². The highest BCUT2D eigenvalue weighted by Gasteiger charge is 2.20. The summed E-state index contributed by atoms with van der Waals surface area (Å²) >= 11 is 0. The zero-order valence-corrected chi connectivity index (χ0v) is 11.2. The third kappa shape index (κ3) is 1.54. The van der Waals surface area contributed by atoms with Gasteiger partial charge in [0.2, 0.25) is 0 Å². The van der Waals surface area contributed by atoms with Gasteiger partial charge >= 0.3 is 0 Å². The van der Waals surface area contributed by atoms with Crippen LogP contribution < -0.4 is 5.56 Å². The molecular weight excluding hydrogens is 252 g/mol. The molecule has 0 aliphatic heterocycles. The summed E-state index contributed by atoms with van der Waals surface area (Å²) in [6.07, 6.45) is 2.74. The lowest BCUT2D eigenvalue weighted by molar-refractivity contribution is 0.579. The average molecular weight is 266 g/mol. The highest BCUT2D eigenvalue weighted by Crippen LogP contribution is 2.32. The van der Waals surface area contributed by atoms with Gasteiger partial charge < -0.3 is 9.40 Å².